The number of alkyl halides is 7. The Labute approximate surface area is 810 Å². The summed E-state index contributed by atoms with van der Waals surface area (Å²) in [5, 5.41) is 57.0. The van der Waals surface area contributed by atoms with Crippen LogP contribution < -0.4 is 16.0 Å². The molecule has 4 unspecified atom stereocenters. The van der Waals surface area contributed by atoms with Crippen molar-refractivity contribution in [1.82, 2.24) is 38.8 Å². The summed E-state index contributed by atoms with van der Waals surface area (Å²) in [6.45, 7) is 12.7. The first-order valence-corrected chi connectivity index (χ1v) is 49.4. The summed E-state index contributed by atoms with van der Waals surface area (Å²) in [5.74, 6) is -12.0. The molecule has 10 fully saturated rings. The number of nitrogens with zero attached hydrogens (tertiary/aromatic N) is 5. The third kappa shape index (κ3) is 23.0. The molecule has 34 heteroatoms. The largest absolute Gasteiger partial charge is 0.393 e. The number of carbonyl (C=O) groups is 5. The van der Waals surface area contributed by atoms with Crippen molar-refractivity contribution in [2.24, 2.45) is 29.6 Å². The van der Waals surface area contributed by atoms with Crippen molar-refractivity contribution >= 4 is 142 Å². The normalized spacial score (nSPS) is 26.4. The smallest absolute Gasteiger partial charge is 0.253 e. The Morgan fingerprint density at radius 2 is 0.787 bits per heavy atom. The summed E-state index contributed by atoms with van der Waals surface area (Å²) in [4.78, 5) is 64.5. The second-order valence-corrected chi connectivity index (χ2v) is 42.3. The van der Waals surface area contributed by atoms with Gasteiger partial charge in [-0.25, -0.2) is 30.7 Å². The molecule has 5 aromatic heterocycles. The third-order valence-corrected chi connectivity index (χ3v) is 30.9. The van der Waals surface area contributed by atoms with Gasteiger partial charge in [-0.05, 0) is 169 Å². The molecule has 5 saturated carbocycles. The van der Waals surface area contributed by atoms with Crippen molar-refractivity contribution in [3.8, 4) is 0 Å². The molecule has 736 valence electrons. The van der Waals surface area contributed by atoms with Crippen molar-refractivity contribution in [3.05, 3.63) is 175 Å². The van der Waals surface area contributed by atoms with E-state index in [1.54, 1.807) is 50.5 Å². The lowest BCUT2D eigenvalue weighted by Crippen LogP contribution is -2.47. The van der Waals surface area contributed by atoms with Crippen LogP contribution in [0.1, 0.15) is 251 Å². The number of amides is 3. The Morgan fingerprint density at radius 1 is 0.426 bits per heavy atom. The lowest BCUT2D eigenvalue weighted by molar-refractivity contribution is -0.142. The van der Waals surface area contributed by atoms with Crippen LogP contribution in [-0.2, 0) is 23.7 Å². The number of aliphatic hydroxyl groups excluding tert-OH is 1. The van der Waals surface area contributed by atoms with Gasteiger partial charge < -0.3 is 82.9 Å². The van der Waals surface area contributed by atoms with Crippen LogP contribution in [0.5, 0.6) is 0 Å². The summed E-state index contributed by atoms with van der Waals surface area (Å²) in [6, 6.07) is 28.8. The van der Waals surface area contributed by atoms with E-state index in [-0.39, 0.29) is 117 Å². The van der Waals surface area contributed by atoms with Gasteiger partial charge in [0.05, 0.1) is 189 Å². The van der Waals surface area contributed by atoms with Crippen LogP contribution in [0, 0.1) is 29.6 Å². The van der Waals surface area contributed by atoms with Crippen LogP contribution in [0.4, 0.5) is 30.7 Å². The van der Waals surface area contributed by atoms with E-state index in [4.69, 9.17) is 81.7 Å². The number of carbonyl (C=O) groups excluding carboxylic acids is 5. The molecule has 8 atom stereocenters. The van der Waals surface area contributed by atoms with Crippen molar-refractivity contribution in [2.75, 3.05) is 85.7 Å². The molecular weight excluding hydrogens is 1870 g/mol. The maximum atomic E-state index is 14.0. The first-order valence-electron chi connectivity index (χ1n) is 47.5. The van der Waals surface area contributed by atoms with Gasteiger partial charge in [-0.3, -0.25) is 24.0 Å². The van der Waals surface area contributed by atoms with Crippen LogP contribution in [0.25, 0.3) is 54.5 Å². The van der Waals surface area contributed by atoms with Gasteiger partial charge in [0.1, 0.15) is 5.67 Å². The van der Waals surface area contributed by atoms with Crippen molar-refractivity contribution in [1.29, 1.82) is 0 Å². The van der Waals surface area contributed by atoms with Gasteiger partial charge in [0.25, 0.3) is 23.6 Å². The second-order valence-electron chi connectivity index (χ2n) is 40.3. The first kappa shape index (κ1) is 101. The number of fused-ring (bicyclic) bond motifs is 5. The van der Waals surface area contributed by atoms with Gasteiger partial charge in [-0.15, -0.1) is 0 Å². The lowest BCUT2D eigenvalue weighted by atomic mass is 9.74. The number of hydrogen-bond donors (Lipinski definition) is 7. The molecule has 5 aliphatic carbocycles. The Hall–Kier alpha value is -7.85. The molecule has 10 heterocycles. The highest BCUT2D eigenvalue weighted by atomic mass is 35.5. The average Bonchev–Trinajstić information content (AvgIpc) is 1.63. The summed E-state index contributed by atoms with van der Waals surface area (Å²) < 4.78 is 134. The molecule has 0 radical (unpaired) electrons. The van der Waals surface area contributed by atoms with Gasteiger partial charge in [0.2, 0.25) is 11.8 Å². The fourth-order valence-electron chi connectivity index (χ4n) is 21.4. The number of aliphatic hydroxyl groups is 4. The van der Waals surface area contributed by atoms with E-state index in [9.17, 15) is 75.1 Å². The number of benzene rings is 5. The van der Waals surface area contributed by atoms with Gasteiger partial charge >= 0.3 is 0 Å². The van der Waals surface area contributed by atoms with E-state index in [2.05, 4.69) is 32.0 Å². The molecule has 10 aliphatic rings. The first-order chi connectivity index (χ1) is 64.6. The fourth-order valence-corrected chi connectivity index (χ4v) is 22.7. The summed E-state index contributed by atoms with van der Waals surface area (Å²) in [7, 11) is 0. The molecular formula is C102H120Cl5F7N8O14. The predicted octanol–water partition coefficient (Wildman–Crippen LogP) is 21.9. The van der Waals surface area contributed by atoms with Gasteiger partial charge in [0, 0.05) is 139 Å². The third-order valence-electron chi connectivity index (χ3n) is 29.3. The Morgan fingerprint density at radius 3 is 1.15 bits per heavy atom. The topological polar surface area (TPSA) is 273 Å². The molecule has 3 amide bonds. The number of Topliss-reactive ketones (excluding diaryl/α,β-unsaturated/α-hetero) is 2. The number of halogens is 12. The zero-order chi connectivity index (χ0) is 96.7. The standard InChI is InChI=1S/C21H23ClF4N2O2.C21H24ClF2NO3.C21H26ClNO3.C20H24ClFN2O3.C19H23ClN2O3/c1-20(23,24)13-5-12(6-21(25,26)7-13)8-27-19(29)15-9-28(14-10-30-11-14)17-4-2-3-16(22)18(15)17;1-13-7-20(27,12-21(23,24)8-13)6-5-18(26)15-9-25(14-10-28-11-14)17-4-2-3-16(22)19(15)17;1-14-4-3-8-21(25,10-14)9-7-19(24)16-11-23(15-12-26-13-15)18-6-2-5-17(22)20(16)18;1-19(22)5-7-20(26,8-6-19)12-23-18(25)14-9-24(13-10-27-11-13)16-4-2-3-15(21)17(14)16;20-15-5-3-6-16-18(15)14(9-22(16)13-10-25-11-13)19(24)21-8-12-4-1-2-7-17(12)23/h2-4,9,12-14H,5-8,10-11H2,1H3,(H,27,29);2-4,9,13-14,27H,5-8,10-12H2,1H3;2,5-6,11,14-15,25H,3-4,7-10,12-13H2,1H3;2-4,9,13,26H,5-8,10-12H2,1H3,(H,23,25);3,5-6,9,12-13,17,23H,1-2,4,7-8,10-11H2,(H,21,24)/t;;14-,21+;;12-,17-/m..0.1/s1. The number of ether oxygens (including phenoxy) is 5. The number of aromatic nitrogens is 5. The second kappa shape index (κ2) is 41.7. The van der Waals surface area contributed by atoms with E-state index in [1.165, 1.54) is 6.42 Å². The maximum absolute atomic E-state index is 14.0. The van der Waals surface area contributed by atoms with Gasteiger partial charge in [0.15, 0.2) is 11.6 Å². The molecule has 10 aromatic rings. The SMILES string of the molecule is CC(F)(F)C1CC(CNC(=O)c2cn(C3COC3)c3cccc(Cl)c23)CC(F)(F)C1.CC1(F)CCC(O)(CNC(=O)c2cn(C3COC3)c3cccc(Cl)c23)CC1.CC1CC(F)(F)CC(O)(CCC(=O)c2cn(C3COC3)c3cccc(Cl)c23)C1.C[C@H]1CCC[C@@](O)(CCC(=O)c2cn(C3COC3)c3cccc(Cl)c23)C1.O=C(NC[C@H]1CCCC[C@H]1O)c1cn(C2COC2)c2cccc(Cl)c12. The van der Waals surface area contributed by atoms with Gasteiger partial charge in [-0.1, -0.05) is 128 Å². The summed E-state index contributed by atoms with van der Waals surface area (Å²) in [5.41, 5.74) is 2.55. The summed E-state index contributed by atoms with van der Waals surface area (Å²) in [6.07, 6.45) is 16.8. The van der Waals surface area contributed by atoms with E-state index in [1.807, 2.05) is 99.0 Å². The number of rotatable bonds is 23. The molecule has 5 aliphatic heterocycles. The van der Waals surface area contributed by atoms with Crippen molar-refractivity contribution < 1.29 is 98.8 Å². The van der Waals surface area contributed by atoms with Crippen LogP contribution >= 0.6 is 58.0 Å². The molecule has 0 spiro atoms. The number of hydrogen-bond acceptors (Lipinski definition) is 14. The van der Waals surface area contributed by atoms with Crippen LogP contribution in [0.3, 0.4) is 0 Å². The van der Waals surface area contributed by atoms with Crippen LogP contribution in [0.2, 0.25) is 25.1 Å². The van der Waals surface area contributed by atoms with Crippen LogP contribution in [-0.4, -0.2) is 205 Å². The van der Waals surface area contributed by atoms with E-state index in [0.29, 0.717) is 193 Å². The molecule has 22 nitrogen and oxygen atoms in total. The highest BCUT2D eigenvalue weighted by molar-refractivity contribution is 6.39. The lowest BCUT2D eigenvalue weighted by Gasteiger charge is -2.39. The highest BCUT2D eigenvalue weighted by Crippen LogP contribution is 2.49. The van der Waals surface area contributed by atoms with E-state index >= 15 is 0 Å². The molecule has 0 bridgehead atoms. The molecule has 5 aromatic carbocycles. The monoisotopic (exact) mass is 1990 g/mol. The van der Waals surface area contributed by atoms with E-state index < -0.39 is 77.2 Å². The van der Waals surface area contributed by atoms with Gasteiger partial charge in [-0.2, -0.15) is 0 Å². The zero-order valence-electron chi connectivity index (χ0n) is 76.8. The van der Waals surface area contributed by atoms with Crippen molar-refractivity contribution in [3.63, 3.8) is 0 Å². The predicted molar refractivity (Wildman–Crippen MR) is 511 cm³/mol. The number of ketones is 2. The fraction of sp³-hybridized carbons (Fsp3) is 0.559. The Kier molecular flexibility index (Phi) is 31.0. The molecule has 20 rings (SSSR count). The minimum absolute atomic E-state index is 0.00477. The van der Waals surface area contributed by atoms with E-state index in [0.717, 1.165) is 83.3 Å². The zero-order valence-corrected chi connectivity index (χ0v) is 80.6. The van der Waals surface area contributed by atoms with Crippen molar-refractivity contribution in [2.45, 2.75) is 246 Å². The minimum atomic E-state index is -3.18. The van der Waals surface area contributed by atoms with Crippen LogP contribution in [0.15, 0.2) is 122 Å². The summed E-state index contributed by atoms with van der Waals surface area (Å²) >= 11 is 31.9. The molecule has 5 saturated heterocycles. The maximum Gasteiger partial charge on any atom is 0.253 e. The Bertz CT molecular complexity index is 6000. The average molecular weight is 1990 g/mol. The molecule has 136 heavy (non-hydrogen) atoms. The molecule has 7 N–H and O–H groups in total. The number of nitrogens with one attached hydrogen (secondary N) is 3. The highest BCUT2D eigenvalue weighted by Gasteiger charge is 2.51. The minimum Gasteiger partial charge on any atom is -0.393 e. The quantitative estimate of drug-likeness (QED) is 0.0232. The Balaban J connectivity index is 0.000000123.